The van der Waals surface area contributed by atoms with Crippen LogP contribution in [0, 0.1) is 6.92 Å². The van der Waals surface area contributed by atoms with Crippen LogP contribution in [0.25, 0.3) is 0 Å². The van der Waals surface area contributed by atoms with E-state index in [-0.39, 0.29) is 6.61 Å². The molecule has 1 atom stereocenters. The van der Waals surface area contributed by atoms with E-state index in [0.717, 1.165) is 0 Å². The average molecular weight is 256 g/mol. The van der Waals surface area contributed by atoms with E-state index in [4.69, 9.17) is 14.4 Å². The van der Waals surface area contributed by atoms with E-state index in [1.807, 2.05) is 6.92 Å². The highest BCUT2D eigenvalue weighted by molar-refractivity contribution is 5.98. The van der Waals surface area contributed by atoms with Crippen molar-refractivity contribution in [3.05, 3.63) is 17.0 Å². The summed E-state index contributed by atoms with van der Waals surface area (Å²) in [5.74, 6) is -1.31. The Morgan fingerprint density at radius 2 is 2.22 bits per heavy atom. The zero-order valence-electron chi connectivity index (χ0n) is 10.5. The predicted molar refractivity (Wildman–Crippen MR) is 61.4 cm³/mol. The van der Waals surface area contributed by atoms with Crippen LogP contribution in [0.2, 0.25) is 0 Å². The summed E-state index contributed by atoms with van der Waals surface area (Å²) >= 11 is 0. The van der Waals surface area contributed by atoms with Crippen LogP contribution in [-0.4, -0.2) is 41.9 Å². The highest BCUT2D eigenvalue weighted by Gasteiger charge is 2.25. The van der Waals surface area contributed by atoms with Crippen molar-refractivity contribution < 1.29 is 24.0 Å². The smallest absolute Gasteiger partial charge is 0.328 e. The van der Waals surface area contributed by atoms with Crippen molar-refractivity contribution in [2.24, 2.45) is 0 Å². The Morgan fingerprint density at radius 1 is 1.56 bits per heavy atom. The standard InChI is InChI=1S/C11H16N2O5/c1-4-7-9(6(2)18-13-7)10(14)12-8(5-17-3)11(15)16/h8H,4-5H2,1-3H3,(H,12,14)(H,15,16). The molecule has 1 aromatic rings. The monoisotopic (exact) mass is 256 g/mol. The minimum absolute atomic E-state index is 0.104. The summed E-state index contributed by atoms with van der Waals surface area (Å²) in [6, 6.07) is -1.10. The molecule has 1 rings (SSSR count). The van der Waals surface area contributed by atoms with Gasteiger partial charge in [-0.05, 0) is 13.3 Å². The molecule has 0 bridgehead atoms. The number of nitrogens with zero attached hydrogens (tertiary/aromatic N) is 1. The summed E-state index contributed by atoms with van der Waals surface area (Å²) in [5, 5.41) is 15.0. The Morgan fingerprint density at radius 3 is 2.72 bits per heavy atom. The molecule has 7 heteroatoms. The lowest BCUT2D eigenvalue weighted by molar-refractivity contribution is -0.140. The van der Waals surface area contributed by atoms with Crippen LogP contribution in [0.15, 0.2) is 4.52 Å². The molecule has 7 nitrogen and oxygen atoms in total. The van der Waals surface area contributed by atoms with Crippen molar-refractivity contribution in [3.8, 4) is 0 Å². The van der Waals surface area contributed by atoms with Gasteiger partial charge in [0.25, 0.3) is 5.91 Å². The number of carbonyl (C=O) groups is 2. The molecular weight excluding hydrogens is 240 g/mol. The first kappa shape index (κ1) is 14.2. The number of carbonyl (C=O) groups excluding carboxylic acids is 1. The molecule has 1 aromatic heterocycles. The van der Waals surface area contributed by atoms with Gasteiger partial charge in [-0.3, -0.25) is 4.79 Å². The van der Waals surface area contributed by atoms with Gasteiger partial charge in [-0.1, -0.05) is 12.1 Å². The fraction of sp³-hybridized carbons (Fsp3) is 0.545. The number of carboxylic acids is 1. The van der Waals surface area contributed by atoms with E-state index in [2.05, 4.69) is 10.5 Å². The molecule has 0 fully saturated rings. The Bertz CT molecular complexity index is 441. The van der Waals surface area contributed by atoms with E-state index in [1.165, 1.54) is 7.11 Å². The molecule has 1 amide bonds. The first-order valence-electron chi connectivity index (χ1n) is 5.49. The number of aromatic nitrogens is 1. The number of nitrogens with one attached hydrogen (secondary N) is 1. The lowest BCUT2D eigenvalue weighted by atomic mass is 10.1. The van der Waals surface area contributed by atoms with Crippen LogP contribution >= 0.6 is 0 Å². The summed E-state index contributed by atoms with van der Waals surface area (Å²) < 4.78 is 9.66. The first-order valence-corrected chi connectivity index (χ1v) is 5.49. The number of hydrogen-bond acceptors (Lipinski definition) is 5. The van der Waals surface area contributed by atoms with E-state index in [1.54, 1.807) is 6.92 Å². The van der Waals surface area contributed by atoms with Gasteiger partial charge >= 0.3 is 5.97 Å². The number of methoxy groups -OCH3 is 1. The lowest BCUT2D eigenvalue weighted by Crippen LogP contribution is -2.44. The largest absolute Gasteiger partial charge is 0.480 e. The van der Waals surface area contributed by atoms with Crippen LogP contribution < -0.4 is 5.32 Å². The van der Waals surface area contributed by atoms with Crippen molar-refractivity contribution in [3.63, 3.8) is 0 Å². The molecule has 0 aliphatic carbocycles. The summed E-state index contributed by atoms with van der Waals surface area (Å²) in [6.07, 6.45) is 0.530. The number of amides is 1. The molecule has 100 valence electrons. The molecule has 0 aliphatic rings. The molecule has 1 heterocycles. The van der Waals surface area contributed by atoms with Gasteiger partial charge in [0.1, 0.15) is 11.3 Å². The third-order valence-corrected chi connectivity index (χ3v) is 2.43. The number of aryl methyl sites for hydroxylation is 2. The fourth-order valence-electron chi connectivity index (χ4n) is 1.52. The quantitative estimate of drug-likeness (QED) is 0.762. The van der Waals surface area contributed by atoms with Crippen molar-refractivity contribution in [1.82, 2.24) is 10.5 Å². The van der Waals surface area contributed by atoms with Crippen molar-refractivity contribution in [1.29, 1.82) is 0 Å². The second kappa shape index (κ2) is 6.15. The Labute approximate surface area is 104 Å². The molecule has 0 saturated heterocycles. The number of rotatable bonds is 6. The van der Waals surface area contributed by atoms with Crippen LogP contribution in [-0.2, 0) is 16.0 Å². The molecule has 0 radical (unpaired) electrons. The highest BCUT2D eigenvalue weighted by Crippen LogP contribution is 2.13. The normalized spacial score (nSPS) is 12.2. The Hall–Kier alpha value is -1.89. The molecular formula is C11H16N2O5. The number of aliphatic carboxylic acids is 1. The fourth-order valence-corrected chi connectivity index (χ4v) is 1.52. The predicted octanol–water partition coefficient (Wildman–Crippen LogP) is 0.375. The first-order chi connectivity index (χ1) is 8.51. The summed E-state index contributed by atoms with van der Waals surface area (Å²) in [6.45, 7) is 3.33. The van der Waals surface area contributed by atoms with Gasteiger partial charge < -0.3 is 19.7 Å². The van der Waals surface area contributed by atoms with Crippen LogP contribution in [0.3, 0.4) is 0 Å². The molecule has 2 N–H and O–H groups in total. The number of ether oxygens (including phenoxy) is 1. The topological polar surface area (TPSA) is 102 Å². The molecule has 0 spiro atoms. The van der Waals surface area contributed by atoms with E-state index in [9.17, 15) is 9.59 Å². The van der Waals surface area contributed by atoms with Crippen molar-refractivity contribution >= 4 is 11.9 Å². The minimum atomic E-state index is -1.16. The van der Waals surface area contributed by atoms with Gasteiger partial charge in [-0.25, -0.2) is 4.79 Å². The molecule has 0 aromatic carbocycles. The van der Waals surface area contributed by atoms with E-state index >= 15 is 0 Å². The zero-order valence-corrected chi connectivity index (χ0v) is 10.5. The van der Waals surface area contributed by atoms with E-state index < -0.39 is 17.9 Å². The Balaban J connectivity index is 2.86. The lowest BCUT2D eigenvalue weighted by Gasteiger charge is -2.13. The maximum atomic E-state index is 12.0. The number of carboxylic acid groups (broad SMARTS) is 1. The summed E-state index contributed by atoms with van der Waals surface area (Å²) in [4.78, 5) is 22.9. The maximum Gasteiger partial charge on any atom is 0.328 e. The van der Waals surface area contributed by atoms with Crippen molar-refractivity contribution in [2.45, 2.75) is 26.3 Å². The molecule has 1 unspecified atom stereocenters. The van der Waals surface area contributed by atoms with Gasteiger partial charge in [0.15, 0.2) is 6.04 Å². The second-order valence-electron chi connectivity index (χ2n) is 3.73. The third kappa shape index (κ3) is 3.07. The van der Waals surface area contributed by atoms with Gasteiger partial charge in [-0.15, -0.1) is 0 Å². The van der Waals surface area contributed by atoms with Crippen LogP contribution in [0.5, 0.6) is 0 Å². The summed E-state index contributed by atoms with van der Waals surface area (Å²) in [5.41, 5.74) is 0.798. The molecule has 18 heavy (non-hydrogen) atoms. The average Bonchev–Trinajstić information content (AvgIpc) is 2.69. The third-order valence-electron chi connectivity index (χ3n) is 2.43. The second-order valence-corrected chi connectivity index (χ2v) is 3.73. The SMILES string of the molecule is CCc1noc(C)c1C(=O)NC(COC)C(=O)O. The van der Waals surface area contributed by atoms with Crippen LogP contribution in [0.1, 0.15) is 28.7 Å². The maximum absolute atomic E-state index is 12.0. The van der Waals surface area contributed by atoms with Gasteiger partial charge in [-0.2, -0.15) is 0 Å². The van der Waals surface area contributed by atoms with E-state index in [0.29, 0.717) is 23.4 Å². The minimum Gasteiger partial charge on any atom is -0.480 e. The number of hydrogen-bond donors (Lipinski definition) is 2. The molecule has 0 aliphatic heterocycles. The van der Waals surface area contributed by atoms with Gasteiger partial charge in [0, 0.05) is 7.11 Å². The van der Waals surface area contributed by atoms with Crippen LogP contribution in [0.4, 0.5) is 0 Å². The van der Waals surface area contributed by atoms with Crippen molar-refractivity contribution in [2.75, 3.05) is 13.7 Å². The summed E-state index contributed by atoms with van der Waals surface area (Å²) in [7, 11) is 1.37. The Kier molecular flexibility index (Phi) is 4.85. The zero-order chi connectivity index (χ0) is 13.7. The van der Waals surface area contributed by atoms with Gasteiger partial charge in [0.05, 0.1) is 12.3 Å². The highest BCUT2D eigenvalue weighted by atomic mass is 16.5. The molecule has 0 saturated carbocycles. The van der Waals surface area contributed by atoms with Gasteiger partial charge in [0.2, 0.25) is 0 Å².